The fourth-order valence-corrected chi connectivity index (χ4v) is 3.14. The van der Waals surface area contributed by atoms with Crippen LogP contribution in [-0.2, 0) is 13.5 Å². The van der Waals surface area contributed by atoms with Crippen molar-refractivity contribution in [1.29, 1.82) is 0 Å². The zero-order valence-corrected chi connectivity index (χ0v) is 12.4. The van der Waals surface area contributed by atoms with E-state index in [9.17, 15) is 0 Å². The molecule has 3 aromatic rings. The maximum absolute atomic E-state index is 5.52. The van der Waals surface area contributed by atoms with Crippen molar-refractivity contribution in [3.8, 4) is 11.5 Å². The van der Waals surface area contributed by atoms with Crippen LogP contribution < -0.4 is 5.73 Å². The Labute approximate surface area is 122 Å². The molecule has 2 N–H and O–H groups in total. The van der Waals surface area contributed by atoms with Gasteiger partial charge in [0.15, 0.2) is 5.82 Å². The summed E-state index contributed by atoms with van der Waals surface area (Å²) in [5, 5.41) is 3.26. The number of fused-ring (bicyclic) bond motifs is 1. The van der Waals surface area contributed by atoms with Crippen LogP contribution in [0.25, 0.3) is 22.6 Å². The molecule has 0 spiro atoms. The van der Waals surface area contributed by atoms with E-state index in [0.29, 0.717) is 0 Å². The predicted molar refractivity (Wildman–Crippen MR) is 83.8 cm³/mol. The van der Waals surface area contributed by atoms with E-state index in [1.54, 1.807) is 11.3 Å². The molecule has 0 radical (unpaired) electrons. The Morgan fingerprint density at radius 3 is 2.85 bits per heavy atom. The first-order valence-corrected chi connectivity index (χ1v) is 7.74. The first-order chi connectivity index (χ1) is 9.79. The molecule has 0 aliphatic heterocycles. The Kier molecular flexibility index (Phi) is 3.80. The molecular weight excluding hydrogens is 268 g/mol. The van der Waals surface area contributed by atoms with Gasteiger partial charge in [0.1, 0.15) is 5.69 Å². The van der Waals surface area contributed by atoms with Gasteiger partial charge in [0.05, 0.1) is 16.0 Å². The summed E-state index contributed by atoms with van der Waals surface area (Å²) >= 11 is 1.71. The zero-order valence-electron chi connectivity index (χ0n) is 11.5. The number of unbranched alkanes of at least 4 members (excludes halogenated alkanes) is 1. The molecule has 0 saturated carbocycles. The van der Waals surface area contributed by atoms with Gasteiger partial charge in [0, 0.05) is 12.4 Å². The van der Waals surface area contributed by atoms with Crippen LogP contribution in [0.5, 0.6) is 0 Å². The average molecular weight is 286 g/mol. The van der Waals surface area contributed by atoms with Gasteiger partial charge in [-0.05, 0) is 37.9 Å². The van der Waals surface area contributed by atoms with Crippen molar-refractivity contribution >= 4 is 22.4 Å². The summed E-state index contributed by atoms with van der Waals surface area (Å²) in [6.07, 6.45) is 3.17. The number of hydrogen-bond acceptors (Lipinski definition) is 4. The maximum Gasteiger partial charge on any atom is 0.160 e. The third-order valence-corrected chi connectivity index (χ3v) is 4.32. The van der Waals surface area contributed by atoms with E-state index in [0.717, 1.165) is 48.4 Å². The second-order valence-electron chi connectivity index (χ2n) is 4.86. The number of benzene rings is 1. The van der Waals surface area contributed by atoms with Crippen LogP contribution in [0.1, 0.15) is 17.8 Å². The number of thiazole rings is 1. The third kappa shape index (κ3) is 2.46. The van der Waals surface area contributed by atoms with E-state index in [2.05, 4.69) is 21.0 Å². The lowest BCUT2D eigenvalue weighted by Gasteiger charge is -1.98. The molecule has 3 rings (SSSR count). The van der Waals surface area contributed by atoms with E-state index >= 15 is 0 Å². The second kappa shape index (κ2) is 5.73. The number of aryl methyl sites for hydroxylation is 2. The minimum atomic E-state index is 0.753. The number of para-hydroxylation sites is 2. The van der Waals surface area contributed by atoms with Crippen LogP contribution in [-0.4, -0.2) is 21.1 Å². The smallest absolute Gasteiger partial charge is 0.160 e. The van der Waals surface area contributed by atoms with Gasteiger partial charge in [-0.3, -0.25) is 0 Å². The van der Waals surface area contributed by atoms with E-state index in [-0.39, 0.29) is 0 Å². The number of rotatable bonds is 5. The topological polar surface area (TPSA) is 56.7 Å². The van der Waals surface area contributed by atoms with Gasteiger partial charge in [-0.15, -0.1) is 11.3 Å². The van der Waals surface area contributed by atoms with E-state index in [1.807, 2.05) is 25.2 Å². The first-order valence-electron chi connectivity index (χ1n) is 6.86. The molecule has 0 amide bonds. The lowest BCUT2D eigenvalue weighted by molar-refractivity contribution is 0.741. The Morgan fingerprint density at radius 2 is 2.05 bits per heavy atom. The fraction of sp³-hybridized carbons (Fsp3) is 0.333. The van der Waals surface area contributed by atoms with Crippen LogP contribution >= 0.6 is 11.3 Å². The van der Waals surface area contributed by atoms with Gasteiger partial charge < -0.3 is 10.3 Å². The van der Waals surface area contributed by atoms with Crippen LogP contribution in [0, 0.1) is 0 Å². The molecule has 0 aliphatic carbocycles. The molecule has 104 valence electrons. The Balaban J connectivity index is 1.89. The number of imidazole rings is 1. The van der Waals surface area contributed by atoms with E-state index in [1.165, 1.54) is 5.01 Å². The lowest BCUT2D eigenvalue weighted by Crippen LogP contribution is -1.99. The van der Waals surface area contributed by atoms with Gasteiger partial charge in [0.2, 0.25) is 0 Å². The molecule has 0 atom stereocenters. The summed E-state index contributed by atoms with van der Waals surface area (Å²) in [6.45, 7) is 0.753. The molecule has 20 heavy (non-hydrogen) atoms. The van der Waals surface area contributed by atoms with Gasteiger partial charge in [-0.25, -0.2) is 9.97 Å². The number of nitrogens with zero attached hydrogens (tertiary/aromatic N) is 3. The zero-order chi connectivity index (χ0) is 13.9. The van der Waals surface area contributed by atoms with Crippen molar-refractivity contribution in [2.75, 3.05) is 6.54 Å². The molecule has 4 nitrogen and oxygen atoms in total. The van der Waals surface area contributed by atoms with Crippen LogP contribution in [0.2, 0.25) is 0 Å². The lowest BCUT2D eigenvalue weighted by atomic mass is 10.2. The van der Waals surface area contributed by atoms with Gasteiger partial charge >= 0.3 is 0 Å². The second-order valence-corrected chi connectivity index (χ2v) is 5.80. The molecule has 5 heteroatoms. The Bertz CT molecular complexity index is 714. The Morgan fingerprint density at radius 1 is 1.20 bits per heavy atom. The molecule has 2 aromatic heterocycles. The first kappa shape index (κ1) is 13.3. The molecule has 0 fully saturated rings. The van der Waals surface area contributed by atoms with Gasteiger partial charge in [-0.2, -0.15) is 0 Å². The van der Waals surface area contributed by atoms with Crippen LogP contribution in [0.3, 0.4) is 0 Å². The van der Waals surface area contributed by atoms with E-state index < -0.39 is 0 Å². The summed E-state index contributed by atoms with van der Waals surface area (Å²) < 4.78 is 2.11. The summed E-state index contributed by atoms with van der Waals surface area (Å²) in [6, 6.07) is 8.17. The van der Waals surface area contributed by atoms with Crippen LogP contribution in [0.4, 0.5) is 0 Å². The quantitative estimate of drug-likeness (QED) is 0.734. The van der Waals surface area contributed by atoms with Crippen molar-refractivity contribution in [3.05, 3.63) is 34.7 Å². The number of aromatic nitrogens is 3. The summed E-state index contributed by atoms with van der Waals surface area (Å²) in [4.78, 5) is 9.38. The van der Waals surface area contributed by atoms with Crippen molar-refractivity contribution < 1.29 is 0 Å². The van der Waals surface area contributed by atoms with Gasteiger partial charge in [0.25, 0.3) is 0 Å². The number of nitrogens with two attached hydrogens (primary N) is 1. The van der Waals surface area contributed by atoms with Crippen molar-refractivity contribution in [1.82, 2.24) is 14.5 Å². The highest BCUT2D eigenvalue weighted by molar-refractivity contribution is 7.09. The third-order valence-electron chi connectivity index (χ3n) is 3.41. The van der Waals surface area contributed by atoms with E-state index in [4.69, 9.17) is 10.7 Å². The molecular formula is C15H18N4S. The Hall–Kier alpha value is -1.72. The van der Waals surface area contributed by atoms with Crippen molar-refractivity contribution in [3.63, 3.8) is 0 Å². The maximum atomic E-state index is 5.52. The standard InChI is InChI=1S/C15H18N4S/c1-19-13-7-3-2-6-11(13)18-15(19)12-10-20-14(17-12)8-4-5-9-16/h2-3,6-7,10H,4-5,8-9,16H2,1H3. The largest absolute Gasteiger partial charge is 0.330 e. The summed E-state index contributed by atoms with van der Waals surface area (Å²) in [5.41, 5.74) is 8.65. The molecule has 1 aromatic carbocycles. The fourth-order valence-electron chi connectivity index (χ4n) is 2.32. The van der Waals surface area contributed by atoms with Crippen LogP contribution in [0.15, 0.2) is 29.6 Å². The molecule has 0 unspecified atom stereocenters. The highest BCUT2D eigenvalue weighted by atomic mass is 32.1. The predicted octanol–water partition coefficient (Wildman–Crippen LogP) is 2.98. The van der Waals surface area contributed by atoms with Crippen molar-refractivity contribution in [2.45, 2.75) is 19.3 Å². The minimum absolute atomic E-state index is 0.753. The molecule has 0 saturated heterocycles. The number of hydrogen-bond donors (Lipinski definition) is 1. The molecule has 2 heterocycles. The monoisotopic (exact) mass is 286 g/mol. The molecule has 0 aliphatic rings. The normalized spacial score (nSPS) is 11.3. The highest BCUT2D eigenvalue weighted by Gasteiger charge is 2.12. The summed E-state index contributed by atoms with van der Waals surface area (Å²) in [5.74, 6) is 0.938. The van der Waals surface area contributed by atoms with Crippen molar-refractivity contribution in [2.24, 2.45) is 12.8 Å². The highest BCUT2D eigenvalue weighted by Crippen LogP contribution is 2.25. The molecule has 0 bridgehead atoms. The summed E-state index contributed by atoms with van der Waals surface area (Å²) in [7, 11) is 2.04. The minimum Gasteiger partial charge on any atom is -0.330 e. The SMILES string of the molecule is Cn1c(-c2csc(CCCCN)n2)nc2ccccc21. The van der Waals surface area contributed by atoms with Gasteiger partial charge in [-0.1, -0.05) is 12.1 Å². The average Bonchev–Trinajstić information content (AvgIpc) is 3.05.